The number of aromatic nitrogens is 5. The van der Waals surface area contributed by atoms with Crippen LogP contribution in [0.3, 0.4) is 0 Å². The summed E-state index contributed by atoms with van der Waals surface area (Å²) in [6.45, 7) is 2.31. The van der Waals surface area contributed by atoms with Crippen molar-refractivity contribution in [1.29, 1.82) is 0 Å². The van der Waals surface area contributed by atoms with Crippen LogP contribution in [0.4, 0.5) is 5.13 Å². The van der Waals surface area contributed by atoms with Gasteiger partial charge in [-0.1, -0.05) is 30.0 Å². The summed E-state index contributed by atoms with van der Waals surface area (Å²) in [7, 11) is 1.95. The van der Waals surface area contributed by atoms with Crippen LogP contribution in [-0.4, -0.2) is 36.6 Å². The SMILES string of the molecule is CC1CCc2c(-c3nnc(SCC(=O)Nc4nncs4)n3C)csc2C1. The monoisotopic (exact) mass is 406 g/mol. The topological polar surface area (TPSA) is 85.6 Å². The zero-order chi connectivity index (χ0) is 18.1. The Morgan fingerprint density at radius 1 is 1.38 bits per heavy atom. The lowest BCUT2D eigenvalue weighted by Gasteiger charge is -2.18. The number of nitrogens with one attached hydrogen (secondary N) is 1. The number of nitrogens with zero attached hydrogens (tertiary/aromatic N) is 5. The molecule has 0 bridgehead atoms. The molecule has 0 saturated heterocycles. The molecule has 0 aromatic carbocycles. The molecule has 10 heteroatoms. The number of hydrogen-bond donors (Lipinski definition) is 1. The molecule has 1 aliphatic rings. The van der Waals surface area contributed by atoms with Gasteiger partial charge in [-0.15, -0.1) is 31.7 Å². The molecule has 1 N–H and O–H groups in total. The van der Waals surface area contributed by atoms with E-state index in [0.29, 0.717) is 5.13 Å². The predicted molar refractivity (Wildman–Crippen MR) is 105 cm³/mol. The zero-order valence-corrected chi connectivity index (χ0v) is 16.9. The lowest BCUT2D eigenvalue weighted by molar-refractivity contribution is -0.113. The lowest BCUT2D eigenvalue weighted by Crippen LogP contribution is -2.14. The Morgan fingerprint density at radius 3 is 3.08 bits per heavy atom. The fourth-order valence-electron chi connectivity index (χ4n) is 3.05. The van der Waals surface area contributed by atoms with Gasteiger partial charge in [0.2, 0.25) is 11.0 Å². The number of rotatable bonds is 5. The first-order valence-corrected chi connectivity index (χ1v) is 11.0. The normalized spacial score (nSPS) is 16.5. The average Bonchev–Trinajstić information content (AvgIpc) is 3.33. The van der Waals surface area contributed by atoms with E-state index in [1.54, 1.807) is 5.51 Å². The van der Waals surface area contributed by atoms with Crippen molar-refractivity contribution in [3.8, 4) is 11.4 Å². The van der Waals surface area contributed by atoms with E-state index in [4.69, 9.17) is 0 Å². The highest BCUT2D eigenvalue weighted by molar-refractivity contribution is 7.99. The van der Waals surface area contributed by atoms with E-state index in [1.165, 1.54) is 45.5 Å². The molecule has 0 radical (unpaired) electrons. The third kappa shape index (κ3) is 3.53. The Balaban J connectivity index is 1.46. The highest BCUT2D eigenvalue weighted by atomic mass is 32.2. The van der Waals surface area contributed by atoms with Gasteiger partial charge in [0, 0.05) is 22.9 Å². The van der Waals surface area contributed by atoms with Crippen molar-refractivity contribution in [3.63, 3.8) is 0 Å². The van der Waals surface area contributed by atoms with Crippen molar-refractivity contribution in [2.45, 2.75) is 31.3 Å². The molecule has 136 valence electrons. The molecule has 0 spiro atoms. The predicted octanol–water partition coefficient (Wildman–Crippen LogP) is 3.25. The molecule has 1 atom stereocenters. The first kappa shape index (κ1) is 17.6. The molecule has 3 heterocycles. The molecule has 0 fully saturated rings. The summed E-state index contributed by atoms with van der Waals surface area (Å²) < 4.78 is 1.98. The van der Waals surface area contributed by atoms with E-state index in [1.807, 2.05) is 23.0 Å². The van der Waals surface area contributed by atoms with Gasteiger partial charge in [-0.3, -0.25) is 10.1 Å². The summed E-state index contributed by atoms with van der Waals surface area (Å²) in [6.07, 6.45) is 3.49. The van der Waals surface area contributed by atoms with Crippen LogP contribution in [0, 0.1) is 5.92 Å². The maximum absolute atomic E-state index is 12.0. The number of carbonyl (C=O) groups is 1. The highest BCUT2D eigenvalue weighted by Gasteiger charge is 2.23. The second-order valence-electron chi connectivity index (χ2n) is 6.35. The fraction of sp³-hybridized carbons (Fsp3) is 0.438. The maximum Gasteiger partial charge on any atom is 0.236 e. The Morgan fingerprint density at radius 2 is 2.27 bits per heavy atom. The number of thiophene rings is 1. The first-order valence-electron chi connectivity index (χ1n) is 8.29. The van der Waals surface area contributed by atoms with Gasteiger partial charge >= 0.3 is 0 Å². The van der Waals surface area contributed by atoms with Crippen LogP contribution in [0.25, 0.3) is 11.4 Å². The number of anilines is 1. The smallest absolute Gasteiger partial charge is 0.236 e. The van der Waals surface area contributed by atoms with Gasteiger partial charge in [-0.25, -0.2) is 0 Å². The summed E-state index contributed by atoms with van der Waals surface area (Å²) in [5.74, 6) is 1.76. The number of fused-ring (bicyclic) bond motifs is 1. The van der Waals surface area contributed by atoms with Gasteiger partial charge in [-0.2, -0.15) is 0 Å². The average molecular weight is 407 g/mol. The number of hydrogen-bond acceptors (Lipinski definition) is 8. The van der Waals surface area contributed by atoms with Crippen LogP contribution in [-0.2, 0) is 24.7 Å². The molecule has 26 heavy (non-hydrogen) atoms. The largest absolute Gasteiger partial charge is 0.305 e. The third-order valence-corrected chi connectivity index (χ3v) is 7.09. The molecule has 1 amide bonds. The van der Waals surface area contributed by atoms with Crippen molar-refractivity contribution in [2.75, 3.05) is 11.1 Å². The summed E-state index contributed by atoms with van der Waals surface area (Å²) >= 11 is 4.49. The van der Waals surface area contributed by atoms with Crippen molar-refractivity contribution in [3.05, 3.63) is 21.3 Å². The van der Waals surface area contributed by atoms with Crippen molar-refractivity contribution >= 4 is 45.5 Å². The Labute approximate surface area is 163 Å². The summed E-state index contributed by atoms with van der Waals surface area (Å²) in [5.41, 5.74) is 4.20. The molecule has 1 unspecified atom stereocenters. The van der Waals surface area contributed by atoms with E-state index in [2.05, 4.69) is 38.0 Å². The van der Waals surface area contributed by atoms with Gasteiger partial charge in [0.05, 0.1) is 5.75 Å². The standard InChI is InChI=1S/C16H18N6OS3/c1-9-3-4-10-11(6-24-12(10)5-9)14-19-21-16(22(14)2)25-7-13(23)18-15-20-17-8-26-15/h6,8-9H,3-5,7H2,1-2H3,(H,18,20,23). The van der Waals surface area contributed by atoms with Gasteiger partial charge < -0.3 is 4.57 Å². The Kier molecular flexibility index (Phi) is 5.05. The lowest BCUT2D eigenvalue weighted by atomic mass is 9.88. The van der Waals surface area contributed by atoms with Gasteiger partial charge in [0.15, 0.2) is 11.0 Å². The van der Waals surface area contributed by atoms with E-state index >= 15 is 0 Å². The maximum atomic E-state index is 12.0. The molecule has 0 saturated carbocycles. The number of amides is 1. The van der Waals surface area contributed by atoms with E-state index in [0.717, 1.165) is 29.7 Å². The fourth-order valence-corrected chi connectivity index (χ4v) is 5.47. The molecule has 0 aliphatic heterocycles. The van der Waals surface area contributed by atoms with Gasteiger partial charge in [0.25, 0.3) is 0 Å². The van der Waals surface area contributed by atoms with Crippen molar-refractivity contribution in [1.82, 2.24) is 25.0 Å². The molecule has 3 aromatic rings. The Bertz CT molecular complexity index is 917. The molecular formula is C16H18N6OS3. The van der Waals surface area contributed by atoms with Crippen LogP contribution < -0.4 is 5.32 Å². The summed E-state index contributed by atoms with van der Waals surface area (Å²) in [6, 6.07) is 0. The minimum Gasteiger partial charge on any atom is -0.305 e. The van der Waals surface area contributed by atoms with Gasteiger partial charge in [0.1, 0.15) is 5.51 Å². The summed E-state index contributed by atoms with van der Waals surface area (Å²) in [4.78, 5) is 13.5. The van der Waals surface area contributed by atoms with Crippen molar-refractivity contribution < 1.29 is 4.79 Å². The van der Waals surface area contributed by atoms with E-state index in [9.17, 15) is 4.79 Å². The molecule has 7 nitrogen and oxygen atoms in total. The zero-order valence-electron chi connectivity index (χ0n) is 14.4. The molecule has 4 rings (SSSR count). The molecular weight excluding hydrogens is 388 g/mol. The van der Waals surface area contributed by atoms with Crippen LogP contribution in [0.5, 0.6) is 0 Å². The van der Waals surface area contributed by atoms with Gasteiger partial charge in [-0.05, 0) is 30.7 Å². The van der Waals surface area contributed by atoms with E-state index in [-0.39, 0.29) is 11.7 Å². The number of thioether (sulfide) groups is 1. The van der Waals surface area contributed by atoms with Crippen LogP contribution in [0.15, 0.2) is 16.0 Å². The Hall–Kier alpha value is -1.78. The van der Waals surface area contributed by atoms with Crippen LogP contribution in [0.1, 0.15) is 23.8 Å². The van der Waals surface area contributed by atoms with Crippen LogP contribution >= 0.6 is 34.4 Å². The van der Waals surface area contributed by atoms with Crippen molar-refractivity contribution in [2.24, 2.45) is 13.0 Å². The highest BCUT2D eigenvalue weighted by Crippen LogP contribution is 2.38. The minimum atomic E-state index is -0.127. The van der Waals surface area contributed by atoms with Crippen LogP contribution in [0.2, 0.25) is 0 Å². The molecule has 1 aliphatic carbocycles. The number of carbonyl (C=O) groups excluding carboxylic acids is 1. The second-order valence-corrected chi connectivity index (χ2v) is 9.08. The third-order valence-electron chi connectivity index (χ3n) is 4.42. The minimum absolute atomic E-state index is 0.127. The summed E-state index contributed by atoms with van der Waals surface area (Å²) in [5, 5.41) is 22.3. The molecule has 3 aromatic heterocycles. The second kappa shape index (κ2) is 7.45. The van der Waals surface area contributed by atoms with E-state index < -0.39 is 0 Å². The first-order chi connectivity index (χ1) is 12.6. The quantitative estimate of drug-likeness (QED) is 0.655.